The first-order valence-corrected chi connectivity index (χ1v) is 17.4. The first-order valence-electron chi connectivity index (χ1n) is 15.8. The van der Waals surface area contributed by atoms with Crippen LogP contribution in [0.3, 0.4) is 0 Å². The van der Waals surface area contributed by atoms with Gasteiger partial charge in [0.15, 0.2) is 4.99 Å². The van der Waals surface area contributed by atoms with E-state index in [4.69, 9.17) is 40.3 Å². The fraction of sp³-hybridized carbons (Fsp3) is 0.500. The summed E-state index contributed by atoms with van der Waals surface area (Å²) >= 11 is 10.7. The molecule has 10 nitrogen and oxygen atoms in total. The van der Waals surface area contributed by atoms with E-state index in [0.29, 0.717) is 27.2 Å². The normalized spacial score (nSPS) is 10.3. The van der Waals surface area contributed by atoms with Crippen LogP contribution in [0.5, 0.6) is 0 Å². The van der Waals surface area contributed by atoms with Crippen LogP contribution in [0, 0.1) is 56.2 Å². The number of pyridine rings is 2. The van der Waals surface area contributed by atoms with Gasteiger partial charge in [-0.2, -0.15) is 5.26 Å². The number of carbonyl (C=O) groups excluding carboxylic acids is 3. The summed E-state index contributed by atoms with van der Waals surface area (Å²) in [7, 11) is 0. The van der Waals surface area contributed by atoms with Crippen LogP contribution in [-0.2, 0) is 27.2 Å². The van der Waals surface area contributed by atoms with Crippen molar-refractivity contribution in [2.24, 2.45) is 11.7 Å². The number of aromatic nitrogens is 2. The number of nitrogens with zero attached hydrogens (tertiary/aromatic N) is 3. The number of ether oxygens (including phenoxy) is 1. The Labute approximate surface area is 305 Å². The van der Waals surface area contributed by atoms with E-state index in [1.54, 1.807) is 0 Å². The Kier molecular flexibility index (Phi) is 18.8. The molecule has 0 aromatic carbocycles. The Morgan fingerprint density at radius 2 is 1.59 bits per heavy atom. The molecule has 266 valence electrons. The fourth-order valence-corrected chi connectivity index (χ4v) is 6.52. The second-order valence-electron chi connectivity index (χ2n) is 12.2. The molecule has 0 fully saturated rings. The van der Waals surface area contributed by atoms with Gasteiger partial charge in [-0.25, -0.2) is 16.4 Å². The molecule has 0 atom stereocenters. The fourth-order valence-electron chi connectivity index (χ4n) is 5.03. The molecule has 0 aliphatic carbocycles. The van der Waals surface area contributed by atoms with Gasteiger partial charge in [-0.05, 0) is 104 Å². The Balaban J connectivity index is 0.000000702. The van der Waals surface area contributed by atoms with Gasteiger partial charge in [0.05, 0.1) is 17.2 Å². The summed E-state index contributed by atoms with van der Waals surface area (Å²) in [6.07, 6.45) is 2.46. The van der Waals surface area contributed by atoms with Gasteiger partial charge in [-0.3, -0.25) is 9.59 Å². The van der Waals surface area contributed by atoms with Gasteiger partial charge in [0.1, 0.15) is 37.6 Å². The number of carbonyl (C=O) groups is 3. The summed E-state index contributed by atoms with van der Waals surface area (Å²) in [6.45, 7) is 28.8. The second-order valence-corrected chi connectivity index (χ2v) is 14.1. The molecule has 0 bridgehead atoms. The molecule has 5 N–H and O–H groups in total. The highest BCUT2D eigenvalue weighted by Crippen LogP contribution is 2.37. The highest BCUT2D eigenvalue weighted by Gasteiger charge is 2.25. The topological polar surface area (TPSA) is 169 Å². The smallest absolute Gasteiger partial charge is 0.351 e. The van der Waals surface area contributed by atoms with Crippen molar-refractivity contribution in [1.29, 1.82) is 5.26 Å². The Hall–Kier alpha value is -4.04. The number of thiophene rings is 1. The van der Waals surface area contributed by atoms with E-state index in [-0.39, 0.29) is 35.0 Å². The highest BCUT2D eigenvalue weighted by atomic mass is 32.1. The van der Waals surface area contributed by atoms with E-state index in [9.17, 15) is 14.4 Å². The highest BCUT2D eigenvalue weighted by molar-refractivity contribution is 7.80. The number of thiocarbonyl (C=S) groups is 1. The maximum Gasteiger partial charge on any atom is 0.351 e. The van der Waals surface area contributed by atoms with Crippen molar-refractivity contribution in [2.75, 3.05) is 12.3 Å². The van der Waals surface area contributed by atoms with E-state index >= 15 is 0 Å². The van der Waals surface area contributed by atoms with Crippen molar-refractivity contribution < 1.29 is 19.1 Å². The minimum Gasteiger partial charge on any atom is -0.456 e. The molecule has 3 aromatic heterocycles. The zero-order valence-electron chi connectivity index (χ0n) is 30.8. The molecular formula is C36H50N6O4S3. The lowest BCUT2D eigenvalue weighted by atomic mass is 9.98. The summed E-state index contributed by atoms with van der Waals surface area (Å²) < 4.78 is 5.98. The molecule has 0 spiro atoms. The average Bonchev–Trinajstić information content (AvgIpc) is 3.29. The molecule has 3 heterocycles. The molecule has 0 amide bonds. The molecule has 0 saturated heterocycles. The van der Waals surface area contributed by atoms with E-state index in [1.807, 2.05) is 55.4 Å². The summed E-state index contributed by atoms with van der Waals surface area (Å²) in [5, 5.41) is 9.77. The SMILES string of the molecule is CCC(C(C)=O)C(C)=O.CCc1c(C)[nH]c(=S)c(C#N)c1C.CCc1c(C)nc2sc(C(=O)OC(C)(C)C)c(N)c2c1C.[C-]#[N+]CC(N)=S. The lowest BCUT2D eigenvalue weighted by Crippen LogP contribution is -2.23. The maximum atomic E-state index is 12.3. The lowest BCUT2D eigenvalue weighted by molar-refractivity contribution is -0.130. The number of fused-ring (bicyclic) bond motifs is 1. The van der Waals surface area contributed by atoms with E-state index < -0.39 is 5.60 Å². The summed E-state index contributed by atoms with van der Waals surface area (Å²) in [5.41, 5.74) is 18.3. The monoisotopic (exact) mass is 726 g/mol. The molecule has 0 aliphatic rings. The van der Waals surface area contributed by atoms with Gasteiger partial charge in [0, 0.05) is 16.8 Å². The van der Waals surface area contributed by atoms with Crippen molar-refractivity contribution in [1.82, 2.24) is 9.97 Å². The van der Waals surface area contributed by atoms with Crippen LogP contribution in [0.15, 0.2) is 0 Å². The first-order chi connectivity index (χ1) is 22.6. The number of nitrogens with two attached hydrogens (primary N) is 2. The molecular weight excluding hydrogens is 677 g/mol. The van der Waals surface area contributed by atoms with Gasteiger partial charge >= 0.3 is 5.97 Å². The summed E-state index contributed by atoms with van der Waals surface area (Å²) in [6, 6.07) is 2.13. The molecule has 0 saturated carbocycles. The summed E-state index contributed by atoms with van der Waals surface area (Å²) in [5.74, 6) is -0.780. The van der Waals surface area contributed by atoms with Crippen LogP contribution in [0.1, 0.15) is 111 Å². The number of aromatic amines is 1. The predicted octanol–water partition coefficient (Wildman–Crippen LogP) is 8.19. The van der Waals surface area contributed by atoms with E-state index in [0.717, 1.165) is 45.6 Å². The van der Waals surface area contributed by atoms with Crippen LogP contribution in [0.4, 0.5) is 5.69 Å². The Morgan fingerprint density at radius 1 is 1.06 bits per heavy atom. The number of ketones is 2. The van der Waals surface area contributed by atoms with Crippen LogP contribution >= 0.6 is 35.8 Å². The number of hydrogen-bond donors (Lipinski definition) is 3. The number of aryl methyl sites for hydroxylation is 3. The van der Waals surface area contributed by atoms with Gasteiger partial charge in [-0.1, -0.05) is 45.2 Å². The number of anilines is 1. The molecule has 13 heteroatoms. The van der Waals surface area contributed by atoms with Crippen molar-refractivity contribution in [2.45, 2.75) is 108 Å². The number of nitrogens with one attached hydrogen (secondary N) is 1. The minimum absolute atomic E-state index is 0.0231. The molecule has 0 radical (unpaired) electrons. The molecule has 3 rings (SSSR count). The first kappa shape index (κ1) is 45.0. The van der Waals surface area contributed by atoms with Crippen molar-refractivity contribution >= 4 is 74.2 Å². The third kappa shape index (κ3) is 13.4. The molecule has 0 aliphatic heterocycles. The van der Waals surface area contributed by atoms with Crippen LogP contribution in [0.25, 0.3) is 15.1 Å². The number of nitrogen functional groups attached to an aromatic ring is 1. The summed E-state index contributed by atoms with van der Waals surface area (Å²) in [4.78, 5) is 45.6. The van der Waals surface area contributed by atoms with Crippen molar-refractivity contribution in [3.63, 3.8) is 0 Å². The van der Waals surface area contributed by atoms with Crippen LogP contribution in [0.2, 0.25) is 0 Å². The molecule has 3 aromatic rings. The lowest BCUT2D eigenvalue weighted by Gasteiger charge is -2.18. The van der Waals surface area contributed by atoms with E-state index in [1.165, 1.54) is 36.3 Å². The minimum atomic E-state index is -0.535. The van der Waals surface area contributed by atoms with Crippen LogP contribution < -0.4 is 11.5 Å². The third-order valence-electron chi connectivity index (χ3n) is 7.30. The molecule has 0 unspecified atom stereocenters. The van der Waals surface area contributed by atoms with E-state index in [2.05, 4.69) is 46.9 Å². The Bertz CT molecular complexity index is 1810. The number of esters is 1. The maximum absolute atomic E-state index is 12.3. The average molecular weight is 727 g/mol. The third-order valence-corrected chi connectivity index (χ3v) is 8.81. The Morgan fingerprint density at radius 3 is 1.94 bits per heavy atom. The number of rotatable bonds is 7. The quantitative estimate of drug-likeness (QED) is 0.0934. The van der Waals surface area contributed by atoms with Gasteiger partial charge in [-0.15, -0.1) is 11.3 Å². The largest absolute Gasteiger partial charge is 0.456 e. The van der Waals surface area contributed by atoms with Crippen molar-refractivity contribution in [3.8, 4) is 6.07 Å². The van der Waals surface area contributed by atoms with Crippen molar-refractivity contribution in [3.05, 3.63) is 60.1 Å². The molecule has 49 heavy (non-hydrogen) atoms. The van der Waals surface area contributed by atoms with Gasteiger partial charge < -0.3 is 26.0 Å². The number of Topliss-reactive ketones (excluding diaryl/α,β-unsaturated/α-hetero) is 2. The van der Waals surface area contributed by atoms with Crippen LogP contribution in [-0.4, -0.2) is 44.6 Å². The number of hydrogen-bond acceptors (Lipinski definition) is 10. The number of H-pyrrole nitrogens is 1. The van der Waals surface area contributed by atoms with Gasteiger partial charge in [0.2, 0.25) is 0 Å². The van der Waals surface area contributed by atoms with Gasteiger partial charge in [0.25, 0.3) is 6.54 Å². The zero-order chi connectivity index (χ0) is 38.4. The predicted molar refractivity (Wildman–Crippen MR) is 207 cm³/mol. The second kappa shape index (κ2) is 20.5. The zero-order valence-corrected chi connectivity index (χ0v) is 33.2. The standard InChI is InChI=1S/C16H22N2O2S.C10H12N2S.C7H12O2.C3H4N2S/c1-7-10-8(2)11-12(17)13(15(19)20-16(4,5)6)21-14(11)18-9(10)3;1-4-8-6(2)9(5-11)10(13)12-7(8)3;1-4-7(5(2)8)6(3)9;1-5-2-3(4)6/h7,17H2,1-6H3;4H2,1-3H3,(H,12,13);7H,4H2,1-3H3;2H2,(H2,4,6). The number of nitriles is 1.